The molecule has 0 radical (unpaired) electrons. The average molecular weight is 464 g/mol. The van der Waals surface area contributed by atoms with Gasteiger partial charge in [0.1, 0.15) is 12.6 Å². The van der Waals surface area contributed by atoms with Crippen LogP contribution in [0, 0.1) is 6.92 Å². The number of nitrogens with zero attached hydrogens (tertiary/aromatic N) is 3. The lowest BCUT2D eigenvalue weighted by Crippen LogP contribution is -2.43. The van der Waals surface area contributed by atoms with Crippen LogP contribution in [0.15, 0.2) is 53.9 Å². The van der Waals surface area contributed by atoms with Crippen molar-refractivity contribution in [3.05, 3.63) is 76.3 Å². The van der Waals surface area contributed by atoms with Gasteiger partial charge in [-0.2, -0.15) is 0 Å². The van der Waals surface area contributed by atoms with Crippen LogP contribution in [0.3, 0.4) is 0 Å². The van der Waals surface area contributed by atoms with Gasteiger partial charge in [0, 0.05) is 12.3 Å². The molecule has 0 fully saturated rings. The molecular weight excluding hydrogens is 442 g/mol. The number of thiazole rings is 1. The summed E-state index contributed by atoms with van der Waals surface area (Å²) in [5.41, 5.74) is 2.54. The number of carbonyl (C=O) groups is 4. The number of esters is 1. The summed E-state index contributed by atoms with van der Waals surface area (Å²) in [7, 11) is 0. The lowest BCUT2D eigenvalue weighted by atomic mass is 10.1. The number of rotatable bonds is 6. The first-order valence-corrected chi connectivity index (χ1v) is 11.1. The number of ether oxygens (including phenoxy) is 1. The van der Waals surface area contributed by atoms with E-state index in [1.54, 1.807) is 35.7 Å². The van der Waals surface area contributed by atoms with E-state index in [1.165, 1.54) is 30.1 Å². The van der Waals surface area contributed by atoms with Gasteiger partial charge in [-0.25, -0.2) is 9.78 Å². The molecule has 1 aromatic heterocycles. The molecule has 0 saturated heterocycles. The molecule has 1 aliphatic heterocycles. The van der Waals surface area contributed by atoms with E-state index in [2.05, 4.69) is 4.98 Å². The van der Waals surface area contributed by atoms with Crippen molar-refractivity contribution in [2.75, 3.05) is 4.90 Å². The van der Waals surface area contributed by atoms with Crippen molar-refractivity contribution in [2.45, 2.75) is 33.4 Å². The molecule has 2 aromatic carbocycles. The molecule has 168 valence electrons. The van der Waals surface area contributed by atoms with E-state index in [9.17, 15) is 19.2 Å². The quantitative estimate of drug-likeness (QED) is 0.407. The van der Waals surface area contributed by atoms with Crippen LogP contribution >= 0.6 is 11.3 Å². The summed E-state index contributed by atoms with van der Waals surface area (Å²) in [6, 6.07) is 13.0. The molecule has 3 amide bonds. The Hall–Kier alpha value is -3.85. The van der Waals surface area contributed by atoms with Gasteiger partial charge in [-0.15, -0.1) is 11.3 Å². The monoisotopic (exact) mass is 463 g/mol. The van der Waals surface area contributed by atoms with Crippen molar-refractivity contribution in [3.63, 3.8) is 0 Å². The van der Waals surface area contributed by atoms with Gasteiger partial charge in [-0.1, -0.05) is 29.8 Å². The maximum Gasteiger partial charge on any atom is 0.329 e. The van der Waals surface area contributed by atoms with Crippen LogP contribution < -0.4 is 4.90 Å². The third-order valence-electron chi connectivity index (χ3n) is 5.22. The fourth-order valence-electron chi connectivity index (χ4n) is 3.57. The first kappa shape index (κ1) is 22.3. The van der Waals surface area contributed by atoms with E-state index in [-0.39, 0.29) is 23.6 Å². The SMILES string of the molecule is CC(=O)N(c1ccccc1)c1nc(COC(=O)[C@H](C)N2C(=O)c3ccc(C)cc3C2=O)cs1. The van der Waals surface area contributed by atoms with Gasteiger partial charge in [0.25, 0.3) is 11.8 Å². The third kappa shape index (κ3) is 4.27. The molecule has 1 atom stereocenters. The lowest BCUT2D eigenvalue weighted by Gasteiger charge is -2.20. The van der Waals surface area contributed by atoms with Gasteiger partial charge < -0.3 is 4.74 Å². The number of anilines is 2. The minimum atomic E-state index is -1.09. The third-order valence-corrected chi connectivity index (χ3v) is 6.10. The fourth-order valence-corrected chi connectivity index (χ4v) is 4.44. The molecule has 1 aliphatic rings. The molecule has 2 heterocycles. The minimum Gasteiger partial charge on any atom is -0.458 e. The van der Waals surface area contributed by atoms with E-state index in [0.29, 0.717) is 16.5 Å². The number of fused-ring (bicyclic) bond motifs is 1. The minimum absolute atomic E-state index is 0.150. The van der Waals surface area contributed by atoms with Crippen LogP contribution in [0.25, 0.3) is 0 Å². The van der Waals surface area contributed by atoms with Gasteiger partial charge in [0.05, 0.1) is 22.5 Å². The fraction of sp³-hybridized carbons (Fsp3) is 0.208. The molecule has 0 unspecified atom stereocenters. The number of para-hydroxylation sites is 1. The smallest absolute Gasteiger partial charge is 0.329 e. The molecule has 0 N–H and O–H groups in total. The Morgan fingerprint density at radius 3 is 2.48 bits per heavy atom. The van der Waals surface area contributed by atoms with E-state index in [0.717, 1.165) is 10.5 Å². The highest BCUT2D eigenvalue weighted by atomic mass is 32.1. The largest absolute Gasteiger partial charge is 0.458 e. The number of hydrogen-bond donors (Lipinski definition) is 0. The second kappa shape index (κ2) is 8.95. The van der Waals surface area contributed by atoms with Crippen molar-refractivity contribution in [3.8, 4) is 0 Å². The molecule has 8 nitrogen and oxygen atoms in total. The average Bonchev–Trinajstić information content (AvgIpc) is 3.34. The van der Waals surface area contributed by atoms with Gasteiger partial charge >= 0.3 is 5.97 Å². The highest BCUT2D eigenvalue weighted by Crippen LogP contribution is 2.29. The molecule has 0 bridgehead atoms. The maximum atomic E-state index is 12.7. The molecule has 9 heteroatoms. The Morgan fingerprint density at radius 1 is 1.09 bits per heavy atom. The standard InChI is InChI=1S/C24H21N3O5S/c1-14-9-10-19-20(11-14)22(30)26(21(19)29)15(2)23(31)32-12-17-13-33-24(25-17)27(16(3)28)18-7-5-4-6-8-18/h4-11,13,15H,12H2,1-3H3/t15-/m0/s1. The number of hydrogen-bond acceptors (Lipinski definition) is 7. The first-order chi connectivity index (χ1) is 15.8. The topological polar surface area (TPSA) is 96.9 Å². The first-order valence-electron chi connectivity index (χ1n) is 10.2. The molecule has 0 spiro atoms. The molecule has 4 rings (SSSR count). The van der Waals surface area contributed by atoms with Gasteiger partial charge in [0.15, 0.2) is 5.13 Å². The number of benzene rings is 2. The van der Waals surface area contributed by atoms with Crippen LogP contribution in [0.4, 0.5) is 10.8 Å². The number of aryl methyl sites for hydroxylation is 1. The molecule has 33 heavy (non-hydrogen) atoms. The molecule has 0 aliphatic carbocycles. The Labute approximate surface area is 194 Å². The van der Waals surface area contributed by atoms with E-state index < -0.39 is 23.8 Å². The summed E-state index contributed by atoms with van der Waals surface area (Å²) in [6.45, 7) is 4.57. The molecule has 0 saturated carbocycles. The number of aromatic nitrogens is 1. The molecule has 3 aromatic rings. The van der Waals surface area contributed by atoms with Crippen LogP contribution in [0.2, 0.25) is 0 Å². The van der Waals surface area contributed by atoms with Crippen molar-refractivity contribution in [2.24, 2.45) is 0 Å². The molecular formula is C24H21N3O5S. The lowest BCUT2D eigenvalue weighted by molar-refractivity contribution is -0.149. The highest BCUT2D eigenvalue weighted by Gasteiger charge is 2.41. The zero-order valence-electron chi connectivity index (χ0n) is 18.3. The zero-order chi connectivity index (χ0) is 23.7. The van der Waals surface area contributed by atoms with E-state index >= 15 is 0 Å². The second-order valence-corrected chi connectivity index (χ2v) is 8.46. The zero-order valence-corrected chi connectivity index (χ0v) is 19.1. The Bertz CT molecular complexity index is 1250. The van der Waals surface area contributed by atoms with Gasteiger partial charge in [-0.3, -0.25) is 24.2 Å². The summed E-state index contributed by atoms with van der Waals surface area (Å²) in [4.78, 5) is 57.0. The van der Waals surface area contributed by atoms with Crippen LogP contribution in [0.5, 0.6) is 0 Å². The summed E-state index contributed by atoms with van der Waals surface area (Å²) < 4.78 is 5.34. The van der Waals surface area contributed by atoms with Crippen molar-refractivity contribution >= 4 is 45.8 Å². The van der Waals surface area contributed by atoms with Gasteiger partial charge in [-0.05, 0) is 38.1 Å². The van der Waals surface area contributed by atoms with Crippen LogP contribution in [0.1, 0.15) is 45.8 Å². The number of carbonyl (C=O) groups excluding carboxylic acids is 4. The highest BCUT2D eigenvalue weighted by molar-refractivity contribution is 7.14. The summed E-state index contributed by atoms with van der Waals surface area (Å²) in [5.74, 6) is -1.95. The van der Waals surface area contributed by atoms with Crippen molar-refractivity contribution in [1.82, 2.24) is 9.88 Å². The summed E-state index contributed by atoms with van der Waals surface area (Å²) >= 11 is 1.24. The summed E-state index contributed by atoms with van der Waals surface area (Å²) in [6.07, 6.45) is 0. The van der Waals surface area contributed by atoms with Crippen molar-refractivity contribution < 1.29 is 23.9 Å². The second-order valence-electron chi connectivity index (χ2n) is 7.62. The van der Waals surface area contributed by atoms with Crippen LogP contribution in [-0.4, -0.2) is 39.6 Å². The number of amides is 3. The van der Waals surface area contributed by atoms with E-state index in [1.807, 2.05) is 25.1 Å². The summed E-state index contributed by atoms with van der Waals surface area (Å²) in [5, 5.41) is 2.14. The Kier molecular flexibility index (Phi) is 6.06. The van der Waals surface area contributed by atoms with Crippen molar-refractivity contribution in [1.29, 1.82) is 0 Å². The van der Waals surface area contributed by atoms with E-state index in [4.69, 9.17) is 4.74 Å². The normalized spacial score (nSPS) is 13.6. The Morgan fingerprint density at radius 2 is 1.79 bits per heavy atom. The number of imide groups is 1. The maximum absolute atomic E-state index is 12.7. The Balaban J connectivity index is 1.44. The predicted molar refractivity (Wildman–Crippen MR) is 122 cm³/mol. The predicted octanol–water partition coefficient (Wildman–Crippen LogP) is 3.86. The van der Waals surface area contributed by atoms with Crippen LogP contribution in [-0.2, 0) is 20.9 Å². The van der Waals surface area contributed by atoms with Gasteiger partial charge in [0.2, 0.25) is 5.91 Å².